The third-order valence-electron chi connectivity index (χ3n) is 5.09. The zero-order valence-electron chi connectivity index (χ0n) is 16.3. The molecule has 2 aromatic carbocycles. The van der Waals surface area contributed by atoms with Crippen LogP contribution in [0.1, 0.15) is 30.4 Å². The van der Waals surface area contributed by atoms with E-state index >= 15 is 0 Å². The second kappa shape index (κ2) is 8.44. The van der Waals surface area contributed by atoms with E-state index in [9.17, 15) is 13.2 Å². The molecule has 2 aromatic heterocycles. The number of halogens is 3. The van der Waals surface area contributed by atoms with Crippen molar-refractivity contribution < 1.29 is 13.2 Å². The van der Waals surface area contributed by atoms with Gasteiger partial charge in [0, 0.05) is 30.5 Å². The lowest BCUT2D eigenvalue weighted by molar-refractivity contribution is -0.137. The van der Waals surface area contributed by atoms with E-state index in [2.05, 4.69) is 33.5 Å². The summed E-state index contributed by atoms with van der Waals surface area (Å²) in [4.78, 5) is 9.66. The monoisotopic (exact) mass is 427 g/mol. The summed E-state index contributed by atoms with van der Waals surface area (Å²) in [6.45, 7) is 2.71. The number of rotatable bonds is 6. The SMILES string of the molecule is C[C@H](CCNc1ncc(-c2ccc3cnccc3c2)s1)c1ccc(C(F)(F)F)cc1. The molecule has 7 heteroatoms. The largest absolute Gasteiger partial charge is 0.416 e. The van der Waals surface area contributed by atoms with E-state index in [1.165, 1.54) is 0 Å². The van der Waals surface area contributed by atoms with Gasteiger partial charge in [-0.25, -0.2) is 4.98 Å². The van der Waals surface area contributed by atoms with Crippen molar-refractivity contribution in [2.75, 3.05) is 11.9 Å². The number of nitrogens with one attached hydrogen (secondary N) is 1. The van der Waals surface area contributed by atoms with Crippen molar-refractivity contribution in [1.29, 1.82) is 0 Å². The maximum absolute atomic E-state index is 12.7. The highest BCUT2D eigenvalue weighted by atomic mass is 32.1. The molecule has 0 saturated carbocycles. The number of thiazole rings is 1. The summed E-state index contributed by atoms with van der Waals surface area (Å²) < 4.78 is 38.1. The predicted molar refractivity (Wildman–Crippen MR) is 116 cm³/mol. The number of fused-ring (bicyclic) bond motifs is 1. The Labute approximate surface area is 176 Å². The summed E-state index contributed by atoms with van der Waals surface area (Å²) in [5.41, 5.74) is 1.39. The molecule has 1 N–H and O–H groups in total. The Morgan fingerprint density at radius 2 is 1.80 bits per heavy atom. The topological polar surface area (TPSA) is 37.8 Å². The number of hydrogen-bond acceptors (Lipinski definition) is 4. The fourth-order valence-electron chi connectivity index (χ4n) is 3.29. The predicted octanol–water partition coefficient (Wildman–Crippen LogP) is 6.98. The first kappa shape index (κ1) is 20.3. The van der Waals surface area contributed by atoms with Crippen molar-refractivity contribution in [1.82, 2.24) is 9.97 Å². The van der Waals surface area contributed by atoms with E-state index in [1.54, 1.807) is 29.7 Å². The van der Waals surface area contributed by atoms with Crippen LogP contribution in [0.5, 0.6) is 0 Å². The minimum absolute atomic E-state index is 0.147. The van der Waals surface area contributed by atoms with Crippen LogP contribution >= 0.6 is 11.3 Å². The van der Waals surface area contributed by atoms with Crippen LogP contribution in [0.15, 0.2) is 67.1 Å². The molecule has 0 amide bonds. The molecule has 0 radical (unpaired) electrons. The molecule has 2 heterocycles. The number of aromatic nitrogens is 2. The molecule has 0 aliphatic heterocycles. The quantitative estimate of drug-likeness (QED) is 0.361. The molecule has 30 heavy (non-hydrogen) atoms. The van der Waals surface area contributed by atoms with E-state index in [0.29, 0.717) is 6.54 Å². The van der Waals surface area contributed by atoms with Gasteiger partial charge in [-0.1, -0.05) is 42.5 Å². The Kier molecular flexibility index (Phi) is 5.72. The highest BCUT2D eigenvalue weighted by Gasteiger charge is 2.30. The summed E-state index contributed by atoms with van der Waals surface area (Å²) in [7, 11) is 0. The van der Waals surface area contributed by atoms with E-state index in [4.69, 9.17) is 0 Å². The zero-order valence-corrected chi connectivity index (χ0v) is 17.1. The molecule has 3 nitrogen and oxygen atoms in total. The molecule has 0 fully saturated rings. The Bertz CT molecular complexity index is 1140. The number of alkyl halides is 3. The summed E-state index contributed by atoms with van der Waals surface area (Å²) in [5, 5.41) is 6.39. The van der Waals surface area contributed by atoms with Crippen molar-refractivity contribution >= 4 is 27.2 Å². The average Bonchev–Trinajstić information content (AvgIpc) is 3.22. The highest BCUT2D eigenvalue weighted by molar-refractivity contribution is 7.18. The standard InChI is InChI=1S/C23H20F3N3S/c1-15(16-4-6-20(7-5-16)23(24,25)26)8-11-28-22-29-14-21(30-22)18-2-3-19-13-27-10-9-17(19)12-18/h2-7,9-10,12-15H,8,11H2,1H3,(H,28,29)/t15-/m1/s1. The van der Waals surface area contributed by atoms with Crippen molar-refractivity contribution in [2.45, 2.75) is 25.4 Å². The van der Waals surface area contributed by atoms with Gasteiger partial charge in [0.05, 0.1) is 10.4 Å². The first-order chi connectivity index (χ1) is 14.4. The first-order valence-corrected chi connectivity index (χ1v) is 10.4. The molecule has 4 aromatic rings. The lowest BCUT2D eigenvalue weighted by Gasteiger charge is -2.13. The summed E-state index contributed by atoms with van der Waals surface area (Å²) in [6, 6.07) is 13.6. The Morgan fingerprint density at radius 1 is 1.00 bits per heavy atom. The Morgan fingerprint density at radius 3 is 2.57 bits per heavy atom. The van der Waals surface area contributed by atoms with E-state index in [1.807, 2.05) is 25.4 Å². The molecule has 0 saturated heterocycles. The number of anilines is 1. The van der Waals surface area contributed by atoms with Crippen LogP contribution in [-0.2, 0) is 6.18 Å². The average molecular weight is 427 g/mol. The summed E-state index contributed by atoms with van der Waals surface area (Å²) >= 11 is 1.58. The molecule has 0 aliphatic rings. The molecule has 0 aliphatic carbocycles. The number of pyridine rings is 1. The van der Waals surface area contributed by atoms with Crippen LogP contribution in [0.4, 0.5) is 18.3 Å². The third kappa shape index (κ3) is 4.62. The van der Waals surface area contributed by atoms with Gasteiger partial charge in [0.15, 0.2) is 5.13 Å². The molecular formula is C23H20F3N3S. The highest BCUT2D eigenvalue weighted by Crippen LogP contribution is 2.32. The fourth-order valence-corrected chi connectivity index (χ4v) is 4.13. The molecule has 0 spiro atoms. The van der Waals surface area contributed by atoms with Crippen LogP contribution in [0, 0.1) is 0 Å². The maximum Gasteiger partial charge on any atom is 0.416 e. The third-order valence-corrected chi connectivity index (χ3v) is 6.10. The van der Waals surface area contributed by atoms with Gasteiger partial charge in [-0.2, -0.15) is 13.2 Å². The lowest BCUT2D eigenvalue weighted by Crippen LogP contribution is -2.07. The van der Waals surface area contributed by atoms with Gasteiger partial charge in [0.2, 0.25) is 0 Å². The maximum atomic E-state index is 12.7. The molecule has 154 valence electrons. The van der Waals surface area contributed by atoms with Crippen molar-refractivity contribution in [3.8, 4) is 10.4 Å². The van der Waals surface area contributed by atoms with Gasteiger partial charge in [0.25, 0.3) is 0 Å². The van der Waals surface area contributed by atoms with Crippen LogP contribution in [-0.4, -0.2) is 16.5 Å². The number of hydrogen-bond donors (Lipinski definition) is 1. The van der Waals surface area contributed by atoms with E-state index in [-0.39, 0.29) is 5.92 Å². The Hall–Kier alpha value is -2.93. The van der Waals surface area contributed by atoms with Gasteiger partial charge >= 0.3 is 6.18 Å². The van der Waals surface area contributed by atoms with Gasteiger partial charge in [-0.05, 0) is 53.1 Å². The number of nitrogens with zero attached hydrogens (tertiary/aromatic N) is 2. The Balaban J connectivity index is 1.35. The van der Waals surface area contributed by atoms with E-state index in [0.717, 1.165) is 50.5 Å². The molecule has 0 unspecified atom stereocenters. The van der Waals surface area contributed by atoms with Crippen LogP contribution in [0.25, 0.3) is 21.2 Å². The molecule has 0 bridgehead atoms. The van der Waals surface area contributed by atoms with E-state index < -0.39 is 11.7 Å². The smallest absolute Gasteiger partial charge is 0.361 e. The number of benzene rings is 2. The summed E-state index contributed by atoms with van der Waals surface area (Å²) in [6.07, 6.45) is 1.98. The zero-order chi connectivity index (χ0) is 21.1. The molecular weight excluding hydrogens is 407 g/mol. The summed E-state index contributed by atoms with van der Waals surface area (Å²) in [5.74, 6) is 0.147. The second-order valence-corrected chi connectivity index (χ2v) is 8.23. The molecule has 1 atom stereocenters. The second-order valence-electron chi connectivity index (χ2n) is 7.20. The van der Waals surface area contributed by atoms with Crippen LogP contribution < -0.4 is 5.32 Å². The first-order valence-electron chi connectivity index (χ1n) is 9.61. The van der Waals surface area contributed by atoms with Crippen molar-refractivity contribution in [3.05, 3.63) is 78.2 Å². The van der Waals surface area contributed by atoms with Gasteiger partial charge in [-0.3, -0.25) is 4.98 Å². The van der Waals surface area contributed by atoms with Gasteiger partial charge < -0.3 is 5.32 Å². The molecule has 4 rings (SSSR count). The minimum atomic E-state index is -4.30. The van der Waals surface area contributed by atoms with Crippen LogP contribution in [0.3, 0.4) is 0 Å². The van der Waals surface area contributed by atoms with Gasteiger partial charge in [-0.15, -0.1) is 0 Å². The van der Waals surface area contributed by atoms with Gasteiger partial charge in [0.1, 0.15) is 0 Å². The fraction of sp³-hybridized carbons (Fsp3) is 0.217. The van der Waals surface area contributed by atoms with Crippen LogP contribution in [0.2, 0.25) is 0 Å². The minimum Gasteiger partial charge on any atom is -0.361 e. The van der Waals surface area contributed by atoms with Crippen molar-refractivity contribution in [2.24, 2.45) is 0 Å². The lowest BCUT2D eigenvalue weighted by atomic mass is 9.97. The normalized spacial score (nSPS) is 12.8. The van der Waals surface area contributed by atoms with Crippen molar-refractivity contribution in [3.63, 3.8) is 0 Å².